The number of tetrazole rings is 1. The monoisotopic (exact) mass is 316 g/mol. The molecule has 2 amide bonds. The zero-order valence-corrected chi connectivity index (χ0v) is 13.2. The highest BCUT2D eigenvalue weighted by molar-refractivity contribution is 5.84. The van der Waals surface area contributed by atoms with Gasteiger partial charge in [-0.3, -0.25) is 9.59 Å². The van der Waals surface area contributed by atoms with Gasteiger partial charge in [0.25, 0.3) is 0 Å². The number of carbonyl (C=O) groups is 2. The summed E-state index contributed by atoms with van der Waals surface area (Å²) >= 11 is 0. The highest BCUT2D eigenvalue weighted by atomic mass is 16.2. The molecule has 8 heteroatoms. The lowest BCUT2D eigenvalue weighted by Crippen LogP contribution is -2.38. The van der Waals surface area contributed by atoms with E-state index in [4.69, 9.17) is 0 Å². The molecule has 1 aromatic heterocycles. The maximum absolute atomic E-state index is 11.8. The lowest BCUT2D eigenvalue weighted by molar-refractivity contribution is -0.126. The van der Waals surface area contributed by atoms with Crippen LogP contribution in [0.3, 0.4) is 0 Å². The second-order valence-electron chi connectivity index (χ2n) is 5.09. The highest BCUT2D eigenvalue weighted by Crippen LogP contribution is 2.17. The van der Waals surface area contributed by atoms with Crippen molar-refractivity contribution in [1.82, 2.24) is 30.8 Å². The standard InChI is InChI=1S/C15H20N6O2/c1-3-8-16-13(22)9-17-14(23)10-21-19-15(18-20-21)12-7-5-4-6-11(12)2/h4-7H,3,8-10H2,1-2H3,(H,16,22)(H,17,23). The largest absolute Gasteiger partial charge is 0.355 e. The Hall–Kier alpha value is -2.77. The minimum absolute atomic E-state index is 0.0574. The average Bonchev–Trinajstić information content (AvgIpc) is 2.99. The first-order valence-corrected chi connectivity index (χ1v) is 7.47. The van der Waals surface area contributed by atoms with Crippen molar-refractivity contribution in [3.05, 3.63) is 29.8 Å². The summed E-state index contributed by atoms with van der Waals surface area (Å²) in [7, 11) is 0. The van der Waals surface area contributed by atoms with Crippen molar-refractivity contribution in [2.45, 2.75) is 26.8 Å². The van der Waals surface area contributed by atoms with Gasteiger partial charge in [-0.05, 0) is 24.1 Å². The fourth-order valence-electron chi connectivity index (χ4n) is 1.93. The number of aromatic nitrogens is 4. The molecule has 0 aliphatic carbocycles. The lowest BCUT2D eigenvalue weighted by Gasteiger charge is -2.05. The van der Waals surface area contributed by atoms with E-state index in [0.29, 0.717) is 12.4 Å². The molecule has 23 heavy (non-hydrogen) atoms. The Labute approximate surface area is 134 Å². The van der Waals surface area contributed by atoms with Gasteiger partial charge in [0.15, 0.2) is 0 Å². The molecule has 2 aromatic rings. The first-order chi connectivity index (χ1) is 11.1. The number of aryl methyl sites for hydroxylation is 1. The molecule has 0 aliphatic heterocycles. The van der Waals surface area contributed by atoms with E-state index in [0.717, 1.165) is 17.5 Å². The van der Waals surface area contributed by atoms with Gasteiger partial charge < -0.3 is 10.6 Å². The van der Waals surface area contributed by atoms with E-state index < -0.39 is 0 Å². The Morgan fingerprint density at radius 2 is 1.96 bits per heavy atom. The van der Waals surface area contributed by atoms with Crippen LogP contribution in [0.1, 0.15) is 18.9 Å². The van der Waals surface area contributed by atoms with Crippen LogP contribution < -0.4 is 10.6 Å². The molecular weight excluding hydrogens is 296 g/mol. The third kappa shape index (κ3) is 4.87. The van der Waals surface area contributed by atoms with Crippen molar-refractivity contribution >= 4 is 11.8 Å². The molecule has 1 heterocycles. The van der Waals surface area contributed by atoms with E-state index in [9.17, 15) is 9.59 Å². The summed E-state index contributed by atoms with van der Waals surface area (Å²) in [6.07, 6.45) is 0.851. The molecule has 8 nitrogen and oxygen atoms in total. The van der Waals surface area contributed by atoms with E-state index >= 15 is 0 Å². The van der Waals surface area contributed by atoms with Crippen molar-refractivity contribution in [2.24, 2.45) is 0 Å². The summed E-state index contributed by atoms with van der Waals surface area (Å²) in [5.41, 5.74) is 1.90. The smallest absolute Gasteiger partial charge is 0.244 e. The van der Waals surface area contributed by atoms with Crippen LogP contribution in [0.15, 0.2) is 24.3 Å². The quantitative estimate of drug-likeness (QED) is 0.764. The second kappa shape index (κ2) is 8.02. The number of carbonyl (C=O) groups excluding carboxylic acids is 2. The molecule has 0 atom stereocenters. The molecule has 0 radical (unpaired) electrons. The number of nitrogens with one attached hydrogen (secondary N) is 2. The Kier molecular flexibility index (Phi) is 5.79. The van der Waals surface area contributed by atoms with E-state index in [-0.39, 0.29) is 24.9 Å². The molecule has 2 rings (SSSR count). The third-order valence-electron chi connectivity index (χ3n) is 3.14. The molecule has 0 bridgehead atoms. The minimum Gasteiger partial charge on any atom is -0.355 e. The van der Waals surface area contributed by atoms with E-state index in [1.54, 1.807) is 0 Å². The van der Waals surface area contributed by atoms with Gasteiger partial charge in [0.05, 0.1) is 6.54 Å². The van der Waals surface area contributed by atoms with Crippen molar-refractivity contribution < 1.29 is 9.59 Å². The van der Waals surface area contributed by atoms with Crippen LogP contribution in [-0.4, -0.2) is 45.1 Å². The first kappa shape index (κ1) is 16.6. The van der Waals surface area contributed by atoms with E-state index in [2.05, 4.69) is 26.0 Å². The zero-order valence-electron chi connectivity index (χ0n) is 13.2. The fraction of sp³-hybridized carbons (Fsp3) is 0.400. The maximum Gasteiger partial charge on any atom is 0.244 e. The van der Waals surface area contributed by atoms with Gasteiger partial charge in [0.1, 0.15) is 6.54 Å². The van der Waals surface area contributed by atoms with Crippen LogP contribution in [0.2, 0.25) is 0 Å². The highest BCUT2D eigenvalue weighted by Gasteiger charge is 2.11. The molecule has 0 spiro atoms. The predicted molar refractivity (Wildman–Crippen MR) is 84.3 cm³/mol. The number of rotatable bonds is 7. The molecule has 0 saturated heterocycles. The zero-order chi connectivity index (χ0) is 16.7. The molecule has 0 fully saturated rings. The lowest BCUT2D eigenvalue weighted by atomic mass is 10.1. The Morgan fingerprint density at radius 1 is 1.17 bits per heavy atom. The molecular formula is C15H20N6O2. The molecule has 2 N–H and O–H groups in total. The molecule has 0 saturated carbocycles. The van der Waals surface area contributed by atoms with E-state index in [1.807, 2.05) is 38.1 Å². The first-order valence-electron chi connectivity index (χ1n) is 7.47. The van der Waals surface area contributed by atoms with Gasteiger partial charge in [-0.1, -0.05) is 31.2 Å². The van der Waals surface area contributed by atoms with Crippen LogP contribution in [-0.2, 0) is 16.1 Å². The second-order valence-corrected chi connectivity index (χ2v) is 5.09. The summed E-state index contributed by atoms with van der Waals surface area (Å²) in [6, 6.07) is 7.68. The van der Waals surface area contributed by atoms with Gasteiger partial charge in [-0.2, -0.15) is 4.80 Å². The Morgan fingerprint density at radius 3 is 2.70 bits per heavy atom. The SMILES string of the molecule is CCCNC(=O)CNC(=O)Cn1nnc(-c2ccccc2C)n1. The van der Waals surface area contributed by atoms with Gasteiger partial charge in [0.2, 0.25) is 17.6 Å². The number of benzene rings is 1. The number of hydrogen-bond acceptors (Lipinski definition) is 5. The number of nitrogens with zero attached hydrogens (tertiary/aromatic N) is 4. The van der Waals surface area contributed by atoms with Crippen molar-refractivity contribution in [3.8, 4) is 11.4 Å². The maximum atomic E-state index is 11.8. The van der Waals surface area contributed by atoms with Crippen LogP contribution in [0.5, 0.6) is 0 Å². The van der Waals surface area contributed by atoms with Crippen molar-refractivity contribution in [2.75, 3.05) is 13.1 Å². The van der Waals surface area contributed by atoms with E-state index in [1.165, 1.54) is 4.80 Å². The van der Waals surface area contributed by atoms with Gasteiger partial charge in [0, 0.05) is 12.1 Å². The van der Waals surface area contributed by atoms with Crippen molar-refractivity contribution in [3.63, 3.8) is 0 Å². The predicted octanol–water partition coefficient (Wildman–Crippen LogP) is 0.291. The molecule has 0 unspecified atom stereocenters. The topological polar surface area (TPSA) is 102 Å². The molecule has 122 valence electrons. The van der Waals surface area contributed by atoms with Gasteiger partial charge >= 0.3 is 0 Å². The van der Waals surface area contributed by atoms with Crippen LogP contribution in [0, 0.1) is 6.92 Å². The Bertz CT molecular complexity index is 682. The summed E-state index contributed by atoms with van der Waals surface area (Å²) in [6.45, 7) is 4.37. The average molecular weight is 316 g/mol. The summed E-state index contributed by atoms with van der Waals surface area (Å²) in [5.74, 6) is -0.0886. The van der Waals surface area contributed by atoms with Gasteiger partial charge in [-0.25, -0.2) is 0 Å². The summed E-state index contributed by atoms with van der Waals surface area (Å²) in [5, 5.41) is 17.2. The number of amides is 2. The summed E-state index contributed by atoms with van der Waals surface area (Å²) < 4.78 is 0. The number of hydrogen-bond donors (Lipinski definition) is 2. The third-order valence-corrected chi connectivity index (χ3v) is 3.14. The fourth-order valence-corrected chi connectivity index (χ4v) is 1.93. The van der Waals surface area contributed by atoms with Crippen molar-refractivity contribution in [1.29, 1.82) is 0 Å². The van der Waals surface area contributed by atoms with Crippen LogP contribution in [0.25, 0.3) is 11.4 Å². The van der Waals surface area contributed by atoms with Crippen LogP contribution in [0.4, 0.5) is 0 Å². The van der Waals surface area contributed by atoms with Gasteiger partial charge in [-0.15, -0.1) is 10.2 Å². The molecule has 0 aliphatic rings. The Balaban J connectivity index is 1.88. The van der Waals surface area contributed by atoms with Crippen LogP contribution >= 0.6 is 0 Å². The molecule has 1 aromatic carbocycles. The normalized spacial score (nSPS) is 10.3. The summed E-state index contributed by atoms with van der Waals surface area (Å²) in [4.78, 5) is 24.4. The minimum atomic E-state index is -0.342.